The number of fused-ring (bicyclic) bond motifs is 1. The number of hydrogen-bond donors (Lipinski definition) is 0. The normalized spacial score (nSPS) is 15.0. The van der Waals surface area contributed by atoms with E-state index in [0.29, 0.717) is 12.2 Å². The minimum Gasteiger partial charge on any atom is -0.294 e. The molecule has 1 aliphatic carbocycles. The Morgan fingerprint density at radius 1 is 1.33 bits per heavy atom. The fraction of sp³-hybridized carbons (Fsp3) is 0.300. The van der Waals surface area contributed by atoms with Crippen molar-refractivity contribution in [1.29, 1.82) is 0 Å². The summed E-state index contributed by atoms with van der Waals surface area (Å²) in [6.07, 6.45) is 1.61. The van der Waals surface area contributed by atoms with Crippen LogP contribution in [0.15, 0.2) is 16.6 Å². The molecule has 62 valence electrons. The van der Waals surface area contributed by atoms with Gasteiger partial charge in [-0.1, -0.05) is 22.0 Å². The molecule has 1 aliphatic rings. The highest BCUT2D eigenvalue weighted by atomic mass is 79.9. The van der Waals surface area contributed by atoms with E-state index in [0.717, 1.165) is 22.0 Å². The molecule has 12 heavy (non-hydrogen) atoms. The van der Waals surface area contributed by atoms with Crippen LogP contribution in [0.4, 0.5) is 0 Å². The Bertz CT molecular complexity index is 355. The molecule has 0 heterocycles. The Hall–Kier alpha value is -0.630. The van der Waals surface area contributed by atoms with Crippen LogP contribution in [0.2, 0.25) is 0 Å². The molecule has 1 aromatic carbocycles. The Labute approximate surface area is 79.9 Å². The van der Waals surface area contributed by atoms with Crippen molar-refractivity contribution < 1.29 is 4.79 Å². The zero-order valence-corrected chi connectivity index (χ0v) is 8.44. The maximum Gasteiger partial charge on any atom is 0.163 e. The maximum absolute atomic E-state index is 11.4. The molecule has 0 aromatic heterocycles. The lowest BCUT2D eigenvalue weighted by atomic mass is 10.0. The van der Waals surface area contributed by atoms with E-state index in [1.165, 1.54) is 5.56 Å². The fourth-order valence-electron chi connectivity index (χ4n) is 1.71. The van der Waals surface area contributed by atoms with Gasteiger partial charge in [0.1, 0.15) is 0 Å². The molecular formula is C10H9BrO. The highest BCUT2D eigenvalue weighted by molar-refractivity contribution is 9.10. The number of ketones is 1. The van der Waals surface area contributed by atoms with Crippen LogP contribution >= 0.6 is 15.9 Å². The second-order valence-corrected chi connectivity index (χ2v) is 3.98. The first-order valence-electron chi connectivity index (χ1n) is 4.01. The van der Waals surface area contributed by atoms with Crippen LogP contribution in [-0.4, -0.2) is 5.78 Å². The molecular weight excluding hydrogens is 216 g/mol. The van der Waals surface area contributed by atoms with Gasteiger partial charge in [-0.2, -0.15) is 0 Å². The van der Waals surface area contributed by atoms with E-state index in [-0.39, 0.29) is 0 Å². The third kappa shape index (κ3) is 1.02. The van der Waals surface area contributed by atoms with Crippen LogP contribution in [0.3, 0.4) is 0 Å². The number of carbonyl (C=O) groups is 1. The molecule has 0 spiro atoms. The molecule has 0 radical (unpaired) electrons. The van der Waals surface area contributed by atoms with Crippen molar-refractivity contribution in [2.45, 2.75) is 19.8 Å². The number of rotatable bonds is 0. The van der Waals surface area contributed by atoms with Gasteiger partial charge in [0.05, 0.1) is 0 Å². The molecule has 0 amide bonds. The van der Waals surface area contributed by atoms with Gasteiger partial charge in [-0.05, 0) is 30.5 Å². The minimum atomic E-state index is 0.295. The summed E-state index contributed by atoms with van der Waals surface area (Å²) in [5, 5.41) is 0. The molecule has 2 heteroatoms. The third-order valence-electron chi connectivity index (χ3n) is 2.39. The summed E-state index contributed by atoms with van der Waals surface area (Å²) >= 11 is 3.42. The molecule has 0 fully saturated rings. The smallest absolute Gasteiger partial charge is 0.163 e. The van der Waals surface area contributed by atoms with Gasteiger partial charge >= 0.3 is 0 Å². The summed E-state index contributed by atoms with van der Waals surface area (Å²) < 4.78 is 1.04. The van der Waals surface area contributed by atoms with E-state index in [4.69, 9.17) is 0 Å². The molecule has 0 saturated carbocycles. The largest absolute Gasteiger partial charge is 0.294 e. The predicted molar refractivity (Wildman–Crippen MR) is 51.5 cm³/mol. The van der Waals surface area contributed by atoms with Crippen molar-refractivity contribution in [2.24, 2.45) is 0 Å². The average Bonchev–Trinajstić information content (AvgIpc) is 2.41. The average molecular weight is 225 g/mol. The predicted octanol–water partition coefficient (Wildman–Crippen LogP) is 2.89. The monoisotopic (exact) mass is 224 g/mol. The van der Waals surface area contributed by atoms with Gasteiger partial charge in [0.2, 0.25) is 0 Å². The van der Waals surface area contributed by atoms with Crippen molar-refractivity contribution in [3.8, 4) is 0 Å². The summed E-state index contributed by atoms with van der Waals surface area (Å²) in [5.41, 5.74) is 3.25. The number of hydrogen-bond acceptors (Lipinski definition) is 1. The Morgan fingerprint density at radius 3 is 2.83 bits per heavy atom. The van der Waals surface area contributed by atoms with Crippen molar-refractivity contribution in [2.75, 3.05) is 0 Å². The van der Waals surface area contributed by atoms with Gasteiger partial charge in [-0.15, -0.1) is 0 Å². The molecule has 1 aromatic rings. The molecule has 0 bridgehead atoms. The summed E-state index contributed by atoms with van der Waals surface area (Å²) in [6, 6.07) is 4.06. The van der Waals surface area contributed by atoms with Crippen LogP contribution in [0.25, 0.3) is 0 Å². The topological polar surface area (TPSA) is 17.1 Å². The van der Waals surface area contributed by atoms with Gasteiger partial charge in [0.25, 0.3) is 0 Å². The van der Waals surface area contributed by atoms with Crippen LogP contribution in [-0.2, 0) is 6.42 Å². The first kappa shape index (κ1) is 7.99. The van der Waals surface area contributed by atoms with Gasteiger partial charge in [0.15, 0.2) is 5.78 Å². The lowest BCUT2D eigenvalue weighted by molar-refractivity contribution is 0.0994. The Morgan fingerprint density at radius 2 is 2.08 bits per heavy atom. The Kier molecular flexibility index (Phi) is 1.80. The van der Waals surface area contributed by atoms with Crippen LogP contribution < -0.4 is 0 Å². The zero-order valence-electron chi connectivity index (χ0n) is 6.86. The zero-order chi connectivity index (χ0) is 8.72. The van der Waals surface area contributed by atoms with E-state index >= 15 is 0 Å². The summed E-state index contributed by atoms with van der Waals surface area (Å²) in [4.78, 5) is 11.4. The van der Waals surface area contributed by atoms with E-state index in [9.17, 15) is 4.79 Å². The van der Waals surface area contributed by atoms with E-state index < -0.39 is 0 Å². The molecule has 0 N–H and O–H groups in total. The molecule has 0 aliphatic heterocycles. The third-order valence-corrected chi connectivity index (χ3v) is 3.24. The van der Waals surface area contributed by atoms with Crippen LogP contribution in [0.1, 0.15) is 27.9 Å². The van der Waals surface area contributed by atoms with Gasteiger partial charge in [-0.25, -0.2) is 0 Å². The van der Waals surface area contributed by atoms with Crippen LogP contribution in [0, 0.1) is 6.92 Å². The first-order valence-corrected chi connectivity index (χ1v) is 4.80. The molecule has 1 nitrogen and oxygen atoms in total. The van der Waals surface area contributed by atoms with Crippen LogP contribution in [0.5, 0.6) is 0 Å². The van der Waals surface area contributed by atoms with Crippen molar-refractivity contribution in [3.63, 3.8) is 0 Å². The highest BCUT2D eigenvalue weighted by Crippen LogP contribution is 2.29. The molecule has 0 saturated heterocycles. The van der Waals surface area contributed by atoms with Crippen molar-refractivity contribution in [1.82, 2.24) is 0 Å². The van der Waals surface area contributed by atoms with Gasteiger partial charge in [-0.3, -0.25) is 4.79 Å². The van der Waals surface area contributed by atoms with E-state index in [2.05, 4.69) is 15.9 Å². The lowest BCUT2D eigenvalue weighted by Crippen LogP contribution is -1.95. The van der Waals surface area contributed by atoms with E-state index in [1.807, 2.05) is 19.1 Å². The standard InChI is InChI=1S/C10H9BrO/c1-6-8(11)4-2-7-3-5-9(12)10(6)7/h2,4H,3,5H2,1H3. The molecule has 0 atom stereocenters. The van der Waals surface area contributed by atoms with Crippen molar-refractivity contribution in [3.05, 3.63) is 33.3 Å². The summed E-state index contributed by atoms with van der Waals surface area (Å²) in [5.74, 6) is 0.295. The fourth-order valence-corrected chi connectivity index (χ4v) is 2.04. The molecule has 0 unspecified atom stereocenters. The number of halogens is 1. The highest BCUT2D eigenvalue weighted by Gasteiger charge is 2.21. The van der Waals surface area contributed by atoms with Gasteiger partial charge < -0.3 is 0 Å². The lowest BCUT2D eigenvalue weighted by Gasteiger charge is -2.03. The summed E-state index contributed by atoms with van der Waals surface area (Å²) in [7, 11) is 0. The summed E-state index contributed by atoms with van der Waals surface area (Å²) in [6.45, 7) is 1.99. The number of Topliss-reactive ketones (excluding diaryl/α,β-unsaturated/α-hetero) is 1. The number of carbonyl (C=O) groups excluding carboxylic acids is 1. The first-order chi connectivity index (χ1) is 5.70. The quantitative estimate of drug-likeness (QED) is 0.663. The minimum absolute atomic E-state index is 0.295. The second-order valence-electron chi connectivity index (χ2n) is 3.13. The van der Waals surface area contributed by atoms with Crippen molar-refractivity contribution >= 4 is 21.7 Å². The maximum atomic E-state index is 11.4. The Balaban J connectivity index is 2.71. The number of benzene rings is 1. The van der Waals surface area contributed by atoms with E-state index in [1.54, 1.807) is 0 Å². The molecule has 2 rings (SSSR count). The second kappa shape index (κ2) is 2.70. The SMILES string of the molecule is Cc1c(Br)ccc2c1C(=O)CC2. The number of aryl methyl sites for hydroxylation is 1. The van der Waals surface area contributed by atoms with Gasteiger partial charge in [0, 0.05) is 16.5 Å².